The topological polar surface area (TPSA) is 83.3 Å². The lowest BCUT2D eigenvalue weighted by Gasteiger charge is -2.28. The number of carbonyl (C=O) groups is 1. The number of thiocarbonyl (C=S) groups is 1. The van der Waals surface area contributed by atoms with Crippen molar-refractivity contribution in [3.05, 3.63) is 114 Å². The summed E-state index contributed by atoms with van der Waals surface area (Å²) >= 11 is 5.76. The third-order valence-corrected chi connectivity index (χ3v) is 6.08. The number of carboxylic acids is 1. The number of aromatic nitrogens is 3. The highest BCUT2D eigenvalue weighted by atomic mass is 32.1. The molecule has 1 aliphatic rings. The SMILES string of the molecule is O=C(O)c1ccc(-n2cccc2[C@H]2[C@@H](c3ccccn3)NC(=S)N2Cc2ccccn2)cc1. The van der Waals surface area contributed by atoms with Crippen molar-refractivity contribution in [1.82, 2.24) is 24.8 Å². The van der Waals surface area contributed by atoms with Crippen molar-refractivity contribution >= 4 is 23.3 Å². The highest BCUT2D eigenvalue weighted by Crippen LogP contribution is 2.40. The number of nitrogens with zero attached hydrogens (tertiary/aromatic N) is 4. The molecule has 4 heterocycles. The molecule has 2 atom stereocenters. The Kier molecular flexibility index (Phi) is 5.58. The maximum atomic E-state index is 11.3. The summed E-state index contributed by atoms with van der Waals surface area (Å²) in [4.78, 5) is 22.5. The molecule has 2 N–H and O–H groups in total. The van der Waals surface area contributed by atoms with Crippen molar-refractivity contribution in [1.29, 1.82) is 0 Å². The molecule has 1 aromatic carbocycles. The number of hydrogen-bond acceptors (Lipinski definition) is 4. The predicted octanol–water partition coefficient (Wildman–Crippen LogP) is 4.14. The molecular weight excluding hydrogens is 434 g/mol. The highest BCUT2D eigenvalue weighted by molar-refractivity contribution is 7.80. The first-order chi connectivity index (χ1) is 16.1. The summed E-state index contributed by atoms with van der Waals surface area (Å²) in [6.45, 7) is 0.545. The lowest BCUT2D eigenvalue weighted by molar-refractivity contribution is 0.0697. The Labute approximate surface area is 196 Å². The van der Waals surface area contributed by atoms with Crippen LogP contribution in [0.2, 0.25) is 0 Å². The van der Waals surface area contributed by atoms with Crippen LogP contribution < -0.4 is 5.32 Å². The normalized spacial score (nSPS) is 17.7. The molecule has 1 fully saturated rings. The summed E-state index contributed by atoms with van der Waals surface area (Å²) in [6.07, 6.45) is 5.53. The van der Waals surface area contributed by atoms with Crippen molar-refractivity contribution in [3.63, 3.8) is 0 Å². The molecule has 1 saturated heterocycles. The Morgan fingerprint density at radius 3 is 2.39 bits per heavy atom. The van der Waals surface area contributed by atoms with Crippen LogP contribution in [0.1, 0.15) is 39.5 Å². The van der Waals surface area contributed by atoms with E-state index in [-0.39, 0.29) is 17.6 Å². The van der Waals surface area contributed by atoms with E-state index in [1.165, 1.54) is 0 Å². The average molecular weight is 456 g/mol. The minimum Gasteiger partial charge on any atom is -0.478 e. The minimum atomic E-state index is -0.948. The smallest absolute Gasteiger partial charge is 0.335 e. The van der Waals surface area contributed by atoms with E-state index in [4.69, 9.17) is 12.2 Å². The lowest BCUT2D eigenvalue weighted by atomic mass is 10.0. The molecular formula is C25H21N5O2S. The second-order valence-electron chi connectivity index (χ2n) is 7.73. The maximum Gasteiger partial charge on any atom is 0.335 e. The molecule has 1 aliphatic heterocycles. The number of hydrogen-bond donors (Lipinski definition) is 2. The van der Waals surface area contributed by atoms with E-state index < -0.39 is 5.97 Å². The van der Waals surface area contributed by atoms with Gasteiger partial charge in [-0.3, -0.25) is 9.97 Å². The first-order valence-electron chi connectivity index (χ1n) is 10.5. The molecule has 33 heavy (non-hydrogen) atoms. The Morgan fingerprint density at radius 1 is 0.970 bits per heavy atom. The number of pyridine rings is 2. The third-order valence-electron chi connectivity index (χ3n) is 5.73. The van der Waals surface area contributed by atoms with Gasteiger partial charge in [0.05, 0.1) is 35.6 Å². The number of nitrogens with one attached hydrogen (secondary N) is 1. The first kappa shape index (κ1) is 20.8. The highest BCUT2D eigenvalue weighted by Gasteiger charge is 2.41. The lowest BCUT2D eigenvalue weighted by Crippen LogP contribution is -2.30. The molecule has 8 heteroatoms. The fourth-order valence-corrected chi connectivity index (χ4v) is 4.50. The van der Waals surface area contributed by atoms with Crippen LogP contribution in [0.3, 0.4) is 0 Å². The number of benzene rings is 1. The van der Waals surface area contributed by atoms with Gasteiger partial charge >= 0.3 is 5.97 Å². The molecule has 5 rings (SSSR count). The second kappa shape index (κ2) is 8.84. The summed E-state index contributed by atoms with van der Waals surface area (Å²) in [6, 6.07) is 22.3. The molecule has 164 valence electrons. The fourth-order valence-electron chi connectivity index (χ4n) is 4.20. The monoisotopic (exact) mass is 455 g/mol. The van der Waals surface area contributed by atoms with Crippen LogP contribution in [0.15, 0.2) is 91.4 Å². The van der Waals surface area contributed by atoms with E-state index in [1.807, 2.05) is 60.8 Å². The van der Waals surface area contributed by atoms with Crippen molar-refractivity contribution in [3.8, 4) is 5.69 Å². The summed E-state index contributed by atoms with van der Waals surface area (Å²) in [7, 11) is 0. The summed E-state index contributed by atoms with van der Waals surface area (Å²) in [5.74, 6) is -0.948. The predicted molar refractivity (Wildman–Crippen MR) is 128 cm³/mol. The molecule has 4 aromatic rings. The summed E-state index contributed by atoms with van der Waals surface area (Å²) in [5, 5.41) is 13.3. The van der Waals surface area contributed by atoms with Crippen molar-refractivity contribution in [2.75, 3.05) is 0 Å². The molecule has 3 aromatic heterocycles. The van der Waals surface area contributed by atoms with Gasteiger partial charge in [-0.25, -0.2) is 4.79 Å². The van der Waals surface area contributed by atoms with Crippen LogP contribution in [0, 0.1) is 0 Å². The van der Waals surface area contributed by atoms with Gasteiger partial charge in [-0.1, -0.05) is 12.1 Å². The van der Waals surface area contributed by atoms with Crippen LogP contribution in [0.5, 0.6) is 0 Å². The molecule has 0 amide bonds. The Hall–Kier alpha value is -4.04. The van der Waals surface area contributed by atoms with Crippen LogP contribution in [0.4, 0.5) is 0 Å². The van der Waals surface area contributed by atoms with E-state index in [2.05, 4.69) is 30.8 Å². The Balaban J connectivity index is 1.58. The largest absolute Gasteiger partial charge is 0.478 e. The van der Waals surface area contributed by atoms with Crippen LogP contribution in [-0.2, 0) is 6.54 Å². The zero-order chi connectivity index (χ0) is 22.8. The minimum absolute atomic E-state index is 0.149. The van der Waals surface area contributed by atoms with Gasteiger partial charge in [0.25, 0.3) is 0 Å². The maximum absolute atomic E-state index is 11.3. The van der Waals surface area contributed by atoms with Gasteiger partial charge in [0, 0.05) is 30.0 Å². The zero-order valence-corrected chi connectivity index (χ0v) is 18.4. The van der Waals surface area contributed by atoms with E-state index in [0.717, 1.165) is 22.8 Å². The summed E-state index contributed by atoms with van der Waals surface area (Å²) in [5.41, 5.74) is 3.94. The van der Waals surface area contributed by atoms with Crippen LogP contribution in [-0.4, -0.2) is 35.6 Å². The van der Waals surface area contributed by atoms with Crippen molar-refractivity contribution in [2.45, 2.75) is 18.6 Å². The van der Waals surface area contributed by atoms with Gasteiger partial charge in [0.15, 0.2) is 5.11 Å². The van der Waals surface area contributed by atoms with Gasteiger partial charge in [0.2, 0.25) is 0 Å². The van der Waals surface area contributed by atoms with E-state index in [9.17, 15) is 9.90 Å². The fraction of sp³-hybridized carbons (Fsp3) is 0.120. The molecule has 7 nitrogen and oxygen atoms in total. The van der Waals surface area contributed by atoms with Gasteiger partial charge in [-0.05, 0) is 72.9 Å². The molecule has 0 bridgehead atoms. The standard InChI is InChI=1S/C25H21N5O2S/c31-24(32)17-9-11-19(12-10-17)29-15-5-8-21(29)23-22(20-7-2-4-14-27-20)28-25(33)30(23)16-18-6-1-3-13-26-18/h1-15,22-23H,16H2,(H,28,33)(H,31,32)/t22-,23+/m1/s1. The Morgan fingerprint density at radius 2 is 1.73 bits per heavy atom. The van der Waals surface area contributed by atoms with Crippen LogP contribution in [0.25, 0.3) is 5.69 Å². The first-order valence-corrected chi connectivity index (χ1v) is 10.9. The van der Waals surface area contributed by atoms with Crippen LogP contribution >= 0.6 is 12.2 Å². The van der Waals surface area contributed by atoms with Gasteiger partial charge in [-0.15, -0.1) is 0 Å². The van der Waals surface area contributed by atoms with Crippen molar-refractivity contribution in [2.24, 2.45) is 0 Å². The zero-order valence-electron chi connectivity index (χ0n) is 17.6. The second-order valence-corrected chi connectivity index (χ2v) is 8.12. The summed E-state index contributed by atoms with van der Waals surface area (Å²) < 4.78 is 2.06. The van der Waals surface area contributed by atoms with Gasteiger partial charge < -0.3 is 19.9 Å². The molecule has 0 unspecified atom stereocenters. The van der Waals surface area contributed by atoms with E-state index >= 15 is 0 Å². The Bertz CT molecular complexity index is 1280. The molecule has 0 radical (unpaired) electrons. The average Bonchev–Trinajstić information content (AvgIpc) is 3.45. The van der Waals surface area contributed by atoms with E-state index in [1.54, 1.807) is 24.5 Å². The van der Waals surface area contributed by atoms with Crippen molar-refractivity contribution < 1.29 is 9.90 Å². The number of rotatable bonds is 6. The quantitative estimate of drug-likeness (QED) is 0.423. The van der Waals surface area contributed by atoms with Gasteiger partial charge in [-0.2, -0.15) is 0 Å². The van der Waals surface area contributed by atoms with E-state index in [0.29, 0.717) is 11.7 Å². The third kappa shape index (κ3) is 4.08. The molecule has 0 spiro atoms. The molecule has 0 saturated carbocycles. The number of carboxylic acid groups (broad SMARTS) is 1. The number of aromatic carboxylic acids is 1. The van der Waals surface area contributed by atoms with Gasteiger partial charge in [0.1, 0.15) is 0 Å². The molecule has 0 aliphatic carbocycles.